The van der Waals surface area contributed by atoms with Crippen molar-refractivity contribution < 1.29 is 4.79 Å². The van der Waals surface area contributed by atoms with E-state index in [4.69, 9.17) is 11.6 Å². The van der Waals surface area contributed by atoms with E-state index < -0.39 is 0 Å². The van der Waals surface area contributed by atoms with Gasteiger partial charge in [0, 0.05) is 24.3 Å². The molecule has 0 saturated carbocycles. The van der Waals surface area contributed by atoms with E-state index in [1.807, 2.05) is 36.1 Å². The number of nitrogens with zero attached hydrogens (tertiary/aromatic N) is 3. The third kappa shape index (κ3) is 2.68. The van der Waals surface area contributed by atoms with Crippen molar-refractivity contribution in [1.82, 2.24) is 14.7 Å². The lowest BCUT2D eigenvalue weighted by molar-refractivity contribution is 0.0723. The van der Waals surface area contributed by atoms with Crippen LogP contribution in [0, 0.1) is 0 Å². The number of aryl methyl sites for hydroxylation is 1. The van der Waals surface area contributed by atoms with Crippen molar-refractivity contribution in [1.29, 1.82) is 0 Å². The molecule has 0 N–H and O–H groups in total. The van der Waals surface area contributed by atoms with E-state index in [1.54, 1.807) is 16.9 Å². The molecule has 1 aromatic heterocycles. The zero-order valence-electron chi connectivity index (χ0n) is 12.0. The molecule has 1 aliphatic heterocycles. The van der Waals surface area contributed by atoms with Crippen molar-refractivity contribution in [2.45, 2.75) is 32.4 Å². The zero-order chi connectivity index (χ0) is 14.8. The van der Waals surface area contributed by atoms with Crippen LogP contribution in [0.3, 0.4) is 0 Å². The number of rotatable bonds is 3. The largest absolute Gasteiger partial charge is 0.330 e. The van der Waals surface area contributed by atoms with Gasteiger partial charge < -0.3 is 4.90 Å². The lowest BCUT2D eigenvalue weighted by Crippen LogP contribution is -2.32. The van der Waals surface area contributed by atoms with Gasteiger partial charge in [-0.25, -0.2) is 0 Å². The normalized spacial score (nSPS) is 18.2. The van der Waals surface area contributed by atoms with Gasteiger partial charge in [-0.3, -0.25) is 9.48 Å². The monoisotopic (exact) mass is 303 g/mol. The van der Waals surface area contributed by atoms with Crippen LogP contribution in [0.2, 0.25) is 5.02 Å². The van der Waals surface area contributed by atoms with E-state index in [9.17, 15) is 4.79 Å². The number of halogens is 1. The molecule has 0 bridgehead atoms. The van der Waals surface area contributed by atoms with E-state index in [1.165, 1.54) is 0 Å². The molecule has 5 heteroatoms. The summed E-state index contributed by atoms with van der Waals surface area (Å²) < 4.78 is 1.75. The fraction of sp³-hybridized carbons (Fsp3) is 0.375. The first-order chi connectivity index (χ1) is 10.2. The summed E-state index contributed by atoms with van der Waals surface area (Å²) in [6, 6.07) is 9.71. The molecule has 1 fully saturated rings. The van der Waals surface area contributed by atoms with E-state index in [-0.39, 0.29) is 11.9 Å². The van der Waals surface area contributed by atoms with Gasteiger partial charge in [-0.2, -0.15) is 5.10 Å². The molecule has 0 radical (unpaired) electrons. The van der Waals surface area contributed by atoms with Crippen LogP contribution in [0.1, 0.15) is 41.9 Å². The Morgan fingerprint density at radius 2 is 2.10 bits per heavy atom. The predicted molar refractivity (Wildman–Crippen MR) is 82.4 cm³/mol. The third-order valence-electron chi connectivity index (χ3n) is 4.00. The minimum Gasteiger partial charge on any atom is -0.330 e. The zero-order valence-corrected chi connectivity index (χ0v) is 12.8. The molecule has 2 heterocycles. The molecule has 3 rings (SSSR count). The number of carbonyl (C=O) groups excluding carboxylic acids is 1. The Hall–Kier alpha value is -1.81. The van der Waals surface area contributed by atoms with Gasteiger partial charge in [0.15, 0.2) is 0 Å². The van der Waals surface area contributed by atoms with Gasteiger partial charge in [-0.1, -0.05) is 23.7 Å². The highest BCUT2D eigenvalue weighted by molar-refractivity contribution is 6.30. The maximum Gasteiger partial charge on any atom is 0.272 e. The Balaban J connectivity index is 1.87. The van der Waals surface area contributed by atoms with Crippen LogP contribution in [0.15, 0.2) is 36.5 Å². The lowest BCUT2D eigenvalue weighted by atomic mass is 10.0. The average Bonchev–Trinajstić information content (AvgIpc) is 3.16. The highest BCUT2D eigenvalue weighted by Gasteiger charge is 2.31. The summed E-state index contributed by atoms with van der Waals surface area (Å²) in [4.78, 5) is 14.7. The van der Waals surface area contributed by atoms with Crippen LogP contribution >= 0.6 is 11.6 Å². The second kappa shape index (κ2) is 5.90. The van der Waals surface area contributed by atoms with Gasteiger partial charge in [0.1, 0.15) is 5.69 Å². The van der Waals surface area contributed by atoms with Crippen LogP contribution in [-0.2, 0) is 6.54 Å². The van der Waals surface area contributed by atoms with Gasteiger partial charge in [0.2, 0.25) is 0 Å². The third-order valence-corrected chi connectivity index (χ3v) is 4.26. The minimum atomic E-state index is 0.0619. The van der Waals surface area contributed by atoms with Crippen molar-refractivity contribution in [3.8, 4) is 0 Å². The maximum atomic E-state index is 12.8. The van der Waals surface area contributed by atoms with Gasteiger partial charge in [-0.05, 0) is 43.5 Å². The Labute approximate surface area is 129 Å². The number of aromatic nitrogens is 2. The topological polar surface area (TPSA) is 38.1 Å². The number of hydrogen-bond acceptors (Lipinski definition) is 2. The fourth-order valence-electron chi connectivity index (χ4n) is 2.95. The molecule has 1 aromatic carbocycles. The average molecular weight is 304 g/mol. The highest BCUT2D eigenvalue weighted by Crippen LogP contribution is 2.33. The standard InChI is InChI=1S/C16H18ClN3O/c1-2-20-15(9-10-18-20)16(21)19-11-3-4-14(19)12-5-7-13(17)8-6-12/h5-10,14H,2-4,11H2,1H3/t14-/m0/s1. The molecular formula is C16H18ClN3O. The van der Waals surface area contributed by atoms with E-state index in [0.717, 1.165) is 30.0 Å². The van der Waals surface area contributed by atoms with Crippen molar-refractivity contribution in [2.24, 2.45) is 0 Å². The van der Waals surface area contributed by atoms with Crippen molar-refractivity contribution in [2.75, 3.05) is 6.54 Å². The van der Waals surface area contributed by atoms with Crippen molar-refractivity contribution >= 4 is 17.5 Å². The van der Waals surface area contributed by atoms with Gasteiger partial charge in [0.05, 0.1) is 6.04 Å². The Bertz CT molecular complexity index is 635. The number of hydrogen-bond donors (Lipinski definition) is 0. The van der Waals surface area contributed by atoms with Crippen LogP contribution in [0.4, 0.5) is 0 Å². The minimum absolute atomic E-state index is 0.0619. The molecule has 0 aliphatic carbocycles. The first kappa shape index (κ1) is 14.1. The molecule has 0 unspecified atom stereocenters. The molecule has 1 amide bonds. The van der Waals surface area contributed by atoms with Crippen molar-refractivity contribution in [3.63, 3.8) is 0 Å². The molecule has 1 aliphatic rings. The lowest BCUT2D eigenvalue weighted by Gasteiger charge is -2.25. The molecule has 1 saturated heterocycles. The van der Waals surface area contributed by atoms with Crippen LogP contribution < -0.4 is 0 Å². The maximum absolute atomic E-state index is 12.8. The first-order valence-corrected chi connectivity index (χ1v) is 7.66. The number of benzene rings is 1. The Kier molecular flexibility index (Phi) is 3.97. The van der Waals surface area contributed by atoms with Gasteiger partial charge in [0.25, 0.3) is 5.91 Å². The summed E-state index contributed by atoms with van der Waals surface area (Å²) in [5, 5.41) is 4.91. The summed E-state index contributed by atoms with van der Waals surface area (Å²) in [5.41, 5.74) is 1.81. The summed E-state index contributed by atoms with van der Waals surface area (Å²) >= 11 is 5.95. The second-order valence-corrected chi connectivity index (χ2v) is 5.68. The van der Waals surface area contributed by atoms with E-state index in [2.05, 4.69) is 5.10 Å². The summed E-state index contributed by atoms with van der Waals surface area (Å²) in [7, 11) is 0. The van der Waals surface area contributed by atoms with E-state index >= 15 is 0 Å². The van der Waals surface area contributed by atoms with Gasteiger partial charge in [-0.15, -0.1) is 0 Å². The summed E-state index contributed by atoms with van der Waals surface area (Å²) in [6.45, 7) is 3.49. The smallest absolute Gasteiger partial charge is 0.272 e. The molecule has 110 valence electrons. The van der Waals surface area contributed by atoms with Crippen LogP contribution in [0.5, 0.6) is 0 Å². The SMILES string of the molecule is CCn1nccc1C(=O)N1CCC[C@H]1c1ccc(Cl)cc1. The van der Waals surface area contributed by atoms with Crippen LogP contribution in [-0.4, -0.2) is 27.1 Å². The fourth-order valence-corrected chi connectivity index (χ4v) is 3.08. The predicted octanol–water partition coefficient (Wildman–Crippen LogP) is 3.53. The number of carbonyl (C=O) groups is 1. The Morgan fingerprint density at radius 3 is 2.81 bits per heavy atom. The molecule has 1 atom stereocenters. The molecule has 4 nitrogen and oxygen atoms in total. The first-order valence-electron chi connectivity index (χ1n) is 7.29. The number of likely N-dealkylation sites (tertiary alicyclic amines) is 1. The Morgan fingerprint density at radius 1 is 1.33 bits per heavy atom. The van der Waals surface area contributed by atoms with Gasteiger partial charge >= 0.3 is 0 Å². The van der Waals surface area contributed by atoms with Crippen molar-refractivity contribution in [3.05, 3.63) is 52.8 Å². The van der Waals surface area contributed by atoms with E-state index in [0.29, 0.717) is 12.2 Å². The quantitative estimate of drug-likeness (QED) is 0.870. The molecule has 2 aromatic rings. The molecule has 21 heavy (non-hydrogen) atoms. The summed E-state index contributed by atoms with van der Waals surface area (Å²) in [6.07, 6.45) is 3.71. The number of amides is 1. The molecular weight excluding hydrogens is 286 g/mol. The molecule has 0 spiro atoms. The summed E-state index contributed by atoms with van der Waals surface area (Å²) in [5.74, 6) is 0.0619. The van der Waals surface area contributed by atoms with Crippen LogP contribution in [0.25, 0.3) is 0 Å². The highest BCUT2D eigenvalue weighted by atomic mass is 35.5. The second-order valence-electron chi connectivity index (χ2n) is 5.24.